The maximum absolute atomic E-state index is 11.8. The van der Waals surface area contributed by atoms with Gasteiger partial charge in [-0.1, -0.05) is 13.3 Å². The van der Waals surface area contributed by atoms with Crippen LogP contribution in [-0.2, 0) is 14.6 Å². The Balaban J connectivity index is 2.65. The molecule has 0 aromatic carbocycles. The smallest absolute Gasteiger partial charge is 0.263 e. The highest BCUT2D eigenvalue weighted by molar-refractivity contribution is 7.91. The summed E-state index contributed by atoms with van der Waals surface area (Å²) in [5.74, 6) is -0.162. The average Bonchev–Trinajstić information content (AvgIpc) is 2.76. The van der Waals surface area contributed by atoms with Gasteiger partial charge in [0.15, 0.2) is 9.84 Å². The Morgan fingerprint density at radius 1 is 1.55 bits per heavy atom. The van der Waals surface area contributed by atoms with Crippen LogP contribution in [0.3, 0.4) is 0 Å². The largest absolute Gasteiger partial charge is 0.375 e. The van der Waals surface area contributed by atoms with Crippen molar-refractivity contribution >= 4 is 15.7 Å². The van der Waals surface area contributed by atoms with Crippen LogP contribution < -0.4 is 5.32 Å². The van der Waals surface area contributed by atoms with E-state index in [1.165, 1.54) is 6.20 Å². The van der Waals surface area contributed by atoms with Gasteiger partial charge in [-0.2, -0.15) is 5.26 Å². The second kappa shape index (κ2) is 7.29. The van der Waals surface area contributed by atoms with Crippen LogP contribution in [0.15, 0.2) is 11.8 Å². The molecular formula is C13H21N3O3S. The first-order valence-corrected chi connectivity index (χ1v) is 8.54. The molecule has 20 heavy (non-hydrogen) atoms. The Morgan fingerprint density at radius 3 is 2.75 bits per heavy atom. The predicted molar refractivity (Wildman–Crippen MR) is 76.4 cm³/mol. The Bertz CT molecular complexity index is 519. The zero-order chi connectivity index (χ0) is 15.2. The predicted octanol–water partition coefficient (Wildman–Crippen LogP) is 0.429. The molecule has 1 heterocycles. The molecule has 0 aliphatic carbocycles. The molecule has 112 valence electrons. The van der Waals surface area contributed by atoms with Crippen LogP contribution in [0.1, 0.15) is 26.2 Å². The molecule has 1 saturated heterocycles. The van der Waals surface area contributed by atoms with Gasteiger partial charge in [0.25, 0.3) is 5.91 Å². The first kappa shape index (κ1) is 16.5. The van der Waals surface area contributed by atoms with Crippen LogP contribution in [0.4, 0.5) is 0 Å². The van der Waals surface area contributed by atoms with Gasteiger partial charge in [-0.15, -0.1) is 0 Å². The van der Waals surface area contributed by atoms with E-state index in [1.807, 2.05) is 13.0 Å². The van der Waals surface area contributed by atoms with Crippen molar-refractivity contribution < 1.29 is 13.2 Å². The number of nitrogens with zero attached hydrogens (tertiary/aromatic N) is 2. The van der Waals surface area contributed by atoms with Crippen molar-refractivity contribution in [1.82, 2.24) is 10.2 Å². The third-order valence-corrected chi connectivity index (χ3v) is 5.05. The highest BCUT2D eigenvalue weighted by atomic mass is 32.2. The SMILES string of the molecule is CCCCNC(=O)/C(C#N)=C\N(C)C1CCS(=O)(=O)C1. The molecule has 0 spiro atoms. The Hall–Kier alpha value is -1.55. The van der Waals surface area contributed by atoms with Gasteiger partial charge in [-0.05, 0) is 12.8 Å². The van der Waals surface area contributed by atoms with Crippen molar-refractivity contribution in [3.63, 3.8) is 0 Å². The van der Waals surface area contributed by atoms with Crippen LogP contribution in [0.2, 0.25) is 0 Å². The third-order valence-electron chi connectivity index (χ3n) is 3.30. The van der Waals surface area contributed by atoms with Gasteiger partial charge in [0.05, 0.1) is 11.5 Å². The lowest BCUT2D eigenvalue weighted by Crippen LogP contribution is -2.31. The van der Waals surface area contributed by atoms with Crippen molar-refractivity contribution in [2.75, 3.05) is 25.1 Å². The van der Waals surface area contributed by atoms with Crippen LogP contribution in [-0.4, -0.2) is 50.4 Å². The first-order chi connectivity index (χ1) is 9.39. The molecule has 7 heteroatoms. The van der Waals surface area contributed by atoms with Gasteiger partial charge >= 0.3 is 0 Å². The van der Waals surface area contributed by atoms with Gasteiger partial charge in [0, 0.05) is 25.8 Å². The lowest BCUT2D eigenvalue weighted by Gasteiger charge is -2.21. The van der Waals surface area contributed by atoms with Crippen molar-refractivity contribution in [3.05, 3.63) is 11.8 Å². The van der Waals surface area contributed by atoms with Crippen molar-refractivity contribution in [2.45, 2.75) is 32.2 Å². The van der Waals surface area contributed by atoms with Crippen LogP contribution >= 0.6 is 0 Å². The zero-order valence-corrected chi connectivity index (χ0v) is 12.7. The first-order valence-electron chi connectivity index (χ1n) is 6.72. The maximum Gasteiger partial charge on any atom is 0.263 e. The summed E-state index contributed by atoms with van der Waals surface area (Å²) in [7, 11) is -1.28. The minimum absolute atomic E-state index is 0.00732. The van der Waals surface area contributed by atoms with Gasteiger partial charge in [0.2, 0.25) is 0 Å². The van der Waals surface area contributed by atoms with Crippen molar-refractivity contribution in [1.29, 1.82) is 5.26 Å². The molecule has 1 aliphatic rings. The number of unbranched alkanes of at least 4 members (excludes halogenated alkanes) is 1. The number of sulfone groups is 1. The second-order valence-corrected chi connectivity index (χ2v) is 7.22. The second-order valence-electron chi connectivity index (χ2n) is 4.99. The fraction of sp³-hybridized carbons (Fsp3) is 0.692. The molecule has 6 nitrogen and oxygen atoms in total. The number of hydrogen-bond acceptors (Lipinski definition) is 5. The third kappa shape index (κ3) is 4.85. The van der Waals surface area contributed by atoms with E-state index in [0.717, 1.165) is 12.8 Å². The minimum atomic E-state index is -2.98. The van der Waals surface area contributed by atoms with Gasteiger partial charge in [-0.3, -0.25) is 4.79 Å². The van der Waals surface area contributed by atoms with E-state index in [9.17, 15) is 13.2 Å². The molecule has 1 fully saturated rings. The quantitative estimate of drug-likeness (QED) is 0.436. The van der Waals surface area contributed by atoms with Gasteiger partial charge < -0.3 is 10.2 Å². The van der Waals surface area contributed by atoms with Crippen LogP contribution in [0, 0.1) is 11.3 Å². The fourth-order valence-corrected chi connectivity index (χ4v) is 3.80. The number of nitrogens with one attached hydrogen (secondary N) is 1. The summed E-state index contributed by atoms with van der Waals surface area (Å²) in [5, 5.41) is 11.7. The van der Waals surface area contributed by atoms with E-state index >= 15 is 0 Å². The Morgan fingerprint density at radius 2 is 2.25 bits per heavy atom. The normalized spacial score (nSPS) is 21.2. The van der Waals surface area contributed by atoms with Crippen molar-refractivity contribution in [3.8, 4) is 6.07 Å². The summed E-state index contributed by atoms with van der Waals surface area (Å²) in [6.45, 7) is 2.55. The Labute approximate surface area is 120 Å². The molecule has 1 rings (SSSR count). The molecule has 1 unspecified atom stereocenters. The number of amides is 1. The van der Waals surface area contributed by atoms with E-state index in [1.54, 1.807) is 11.9 Å². The monoisotopic (exact) mass is 299 g/mol. The number of carbonyl (C=O) groups is 1. The molecule has 1 atom stereocenters. The summed E-state index contributed by atoms with van der Waals surface area (Å²) in [6.07, 6.45) is 3.80. The molecule has 0 aromatic heterocycles. The van der Waals surface area contributed by atoms with Gasteiger partial charge in [0.1, 0.15) is 11.6 Å². The molecule has 0 saturated carbocycles. The average molecular weight is 299 g/mol. The topological polar surface area (TPSA) is 90.3 Å². The number of nitriles is 1. The molecule has 1 aliphatic heterocycles. The zero-order valence-electron chi connectivity index (χ0n) is 11.9. The highest BCUT2D eigenvalue weighted by Crippen LogP contribution is 2.17. The molecule has 1 amide bonds. The number of rotatable bonds is 6. The standard InChI is InChI=1S/C13H21N3O3S/c1-3-4-6-15-13(17)11(8-14)9-16(2)12-5-7-20(18,19)10-12/h9,12H,3-7,10H2,1-2H3,(H,15,17)/b11-9-. The minimum Gasteiger partial charge on any atom is -0.375 e. The van der Waals surface area contributed by atoms with E-state index in [4.69, 9.17) is 5.26 Å². The number of carbonyl (C=O) groups excluding carboxylic acids is 1. The molecule has 0 bridgehead atoms. The number of hydrogen-bond donors (Lipinski definition) is 1. The van der Waals surface area contributed by atoms with Crippen molar-refractivity contribution in [2.24, 2.45) is 0 Å². The Kier molecular flexibility index (Phi) is 6.02. The summed E-state index contributed by atoms with van der Waals surface area (Å²) in [5.41, 5.74) is 0.00732. The highest BCUT2D eigenvalue weighted by Gasteiger charge is 2.30. The van der Waals surface area contributed by atoms with Crippen LogP contribution in [0.5, 0.6) is 0 Å². The maximum atomic E-state index is 11.8. The summed E-state index contributed by atoms with van der Waals surface area (Å²) in [6, 6.07) is 1.70. The summed E-state index contributed by atoms with van der Waals surface area (Å²) in [4.78, 5) is 13.4. The van der Waals surface area contributed by atoms with Gasteiger partial charge in [-0.25, -0.2) is 8.42 Å². The fourth-order valence-electron chi connectivity index (χ4n) is 2.02. The lowest BCUT2D eigenvalue weighted by molar-refractivity contribution is -0.117. The van der Waals surface area contributed by atoms with E-state index in [-0.39, 0.29) is 23.1 Å². The summed E-state index contributed by atoms with van der Waals surface area (Å²) >= 11 is 0. The van der Waals surface area contributed by atoms with E-state index in [0.29, 0.717) is 13.0 Å². The lowest BCUT2D eigenvalue weighted by atomic mass is 10.2. The molecule has 0 aromatic rings. The van der Waals surface area contributed by atoms with Crippen LogP contribution in [0.25, 0.3) is 0 Å². The molecule has 1 N–H and O–H groups in total. The molecule has 0 radical (unpaired) electrons. The molecular weight excluding hydrogens is 278 g/mol. The van der Waals surface area contributed by atoms with E-state index in [2.05, 4.69) is 5.32 Å². The van der Waals surface area contributed by atoms with E-state index < -0.39 is 15.7 Å². The summed E-state index contributed by atoms with van der Waals surface area (Å²) < 4.78 is 22.8.